The SMILES string of the molecule is CC(C)(C)OC(=O)N1CC(C(=O)O)CC12CNC2=O. The fourth-order valence-corrected chi connectivity index (χ4v) is 2.46. The first-order valence-electron chi connectivity index (χ1n) is 6.17. The van der Waals surface area contributed by atoms with Crippen LogP contribution in [0.15, 0.2) is 0 Å². The van der Waals surface area contributed by atoms with Gasteiger partial charge in [-0.15, -0.1) is 0 Å². The lowest BCUT2D eigenvalue weighted by Crippen LogP contribution is -2.71. The average molecular weight is 270 g/mol. The van der Waals surface area contributed by atoms with E-state index in [1.165, 1.54) is 4.90 Å². The molecule has 2 aliphatic rings. The molecule has 2 atom stereocenters. The van der Waals surface area contributed by atoms with E-state index in [1.54, 1.807) is 20.8 Å². The third-order valence-corrected chi connectivity index (χ3v) is 3.43. The Morgan fingerprint density at radius 3 is 2.47 bits per heavy atom. The number of nitrogens with zero attached hydrogens (tertiary/aromatic N) is 1. The van der Waals surface area contributed by atoms with Gasteiger partial charge in [-0.3, -0.25) is 14.5 Å². The highest BCUT2D eigenvalue weighted by molar-refractivity contribution is 5.97. The van der Waals surface area contributed by atoms with E-state index < -0.39 is 29.1 Å². The number of amides is 2. The molecule has 2 heterocycles. The van der Waals surface area contributed by atoms with Gasteiger partial charge in [0.2, 0.25) is 5.91 Å². The van der Waals surface area contributed by atoms with Crippen LogP contribution in [-0.4, -0.2) is 52.2 Å². The molecule has 19 heavy (non-hydrogen) atoms. The summed E-state index contributed by atoms with van der Waals surface area (Å²) < 4.78 is 5.24. The Hall–Kier alpha value is -1.79. The first-order valence-corrected chi connectivity index (χ1v) is 6.17. The molecule has 2 N–H and O–H groups in total. The molecular weight excluding hydrogens is 252 g/mol. The van der Waals surface area contributed by atoms with E-state index in [1.807, 2.05) is 0 Å². The van der Waals surface area contributed by atoms with Gasteiger partial charge in [-0.25, -0.2) is 4.79 Å². The standard InChI is InChI=1S/C12H18N2O5/c1-11(2,3)19-10(18)14-5-7(8(15)16)4-12(14)6-13-9(12)17/h7H,4-6H2,1-3H3,(H,13,17)(H,15,16). The number of hydrogen-bond donors (Lipinski definition) is 2. The first-order chi connectivity index (χ1) is 8.66. The summed E-state index contributed by atoms with van der Waals surface area (Å²) in [5.74, 6) is -2.02. The Balaban J connectivity index is 2.20. The first kappa shape index (κ1) is 13.6. The molecule has 0 bridgehead atoms. The molecule has 2 amide bonds. The highest BCUT2D eigenvalue weighted by Crippen LogP contribution is 2.38. The maximum Gasteiger partial charge on any atom is 0.411 e. The van der Waals surface area contributed by atoms with Gasteiger partial charge >= 0.3 is 12.1 Å². The monoisotopic (exact) mass is 270 g/mol. The predicted octanol–water partition coefficient (Wildman–Crippen LogP) is 0.197. The van der Waals surface area contributed by atoms with Crippen LogP contribution >= 0.6 is 0 Å². The molecule has 0 aromatic rings. The molecule has 0 saturated carbocycles. The smallest absolute Gasteiger partial charge is 0.411 e. The van der Waals surface area contributed by atoms with Crippen molar-refractivity contribution in [3.8, 4) is 0 Å². The third-order valence-electron chi connectivity index (χ3n) is 3.43. The second-order valence-electron chi connectivity index (χ2n) is 6.04. The Bertz CT molecular complexity index is 442. The van der Waals surface area contributed by atoms with Crippen LogP contribution in [0.2, 0.25) is 0 Å². The summed E-state index contributed by atoms with van der Waals surface area (Å²) in [5.41, 5.74) is -1.72. The normalized spacial score (nSPS) is 29.9. The molecule has 0 aromatic carbocycles. The number of rotatable bonds is 1. The van der Waals surface area contributed by atoms with Crippen molar-refractivity contribution in [1.29, 1.82) is 0 Å². The predicted molar refractivity (Wildman–Crippen MR) is 64.4 cm³/mol. The molecule has 1 spiro atoms. The van der Waals surface area contributed by atoms with Crippen LogP contribution in [0.25, 0.3) is 0 Å². The molecule has 0 radical (unpaired) electrons. The van der Waals surface area contributed by atoms with Gasteiger partial charge in [0.05, 0.1) is 12.5 Å². The zero-order chi connectivity index (χ0) is 14.4. The number of carboxylic acids is 1. The van der Waals surface area contributed by atoms with Crippen LogP contribution in [0.1, 0.15) is 27.2 Å². The Morgan fingerprint density at radius 1 is 1.47 bits per heavy atom. The lowest BCUT2D eigenvalue weighted by Gasteiger charge is -2.44. The van der Waals surface area contributed by atoms with Crippen LogP contribution < -0.4 is 5.32 Å². The summed E-state index contributed by atoms with van der Waals surface area (Å²) >= 11 is 0. The minimum atomic E-state index is -1.04. The number of aliphatic carboxylic acids is 1. The zero-order valence-electron chi connectivity index (χ0n) is 11.2. The van der Waals surface area contributed by atoms with Gasteiger partial charge < -0.3 is 15.2 Å². The number of carbonyl (C=O) groups excluding carboxylic acids is 2. The van der Waals surface area contributed by atoms with Crippen molar-refractivity contribution in [2.45, 2.75) is 38.3 Å². The van der Waals surface area contributed by atoms with Crippen molar-refractivity contribution in [3.05, 3.63) is 0 Å². The lowest BCUT2D eigenvalue weighted by molar-refractivity contribution is -0.142. The molecule has 106 valence electrons. The second kappa shape index (κ2) is 4.11. The Kier molecular flexibility index (Phi) is 2.95. The fraction of sp³-hybridized carbons (Fsp3) is 0.750. The number of carboxylic acid groups (broad SMARTS) is 1. The number of carbonyl (C=O) groups is 3. The summed E-state index contributed by atoms with van der Waals surface area (Å²) in [6, 6.07) is 0. The molecule has 7 heteroatoms. The maximum absolute atomic E-state index is 12.1. The van der Waals surface area contributed by atoms with Gasteiger partial charge in [0.25, 0.3) is 0 Å². The number of likely N-dealkylation sites (tertiary alicyclic amines) is 1. The van der Waals surface area contributed by atoms with Crippen LogP contribution in [0.5, 0.6) is 0 Å². The van der Waals surface area contributed by atoms with E-state index in [4.69, 9.17) is 9.84 Å². The van der Waals surface area contributed by atoms with E-state index >= 15 is 0 Å². The average Bonchev–Trinajstić information content (AvgIpc) is 2.67. The fourth-order valence-electron chi connectivity index (χ4n) is 2.46. The van der Waals surface area contributed by atoms with Gasteiger partial charge in [0.1, 0.15) is 11.1 Å². The van der Waals surface area contributed by atoms with Crippen LogP contribution in [-0.2, 0) is 14.3 Å². The third kappa shape index (κ3) is 2.24. The topological polar surface area (TPSA) is 95.9 Å². The minimum absolute atomic E-state index is 0.0116. The summed E-state index contributed by atoms with van der Waals surface area (Å²) in [5, 5.41) is 11.6. The molecule has 2 saturated heterocycles. The molecule has 2 unspecified atom stereocenters. The van der Waals surface area contributed by atoms with Crippen molar-refractivity contribution in [1.82, 2.24) is 10.2 Å². The summed E-state index contributed by atoms with van der Waals surface area (Å²) in [6.07, 6.45) is -0.487. The zero-order valence-corrected chi connectivity index (χ0v) is 11.2. The van der Waals surface area contributed by atoms with E-state index in [9.17, 15) is 14.4 Å². The Labute approximate surface area is 110 Å². The van der Waals surface area contributed by atoms with Gasteiger partial charge in [-0.05, 0) is 27.2 Å². The molecule has 0 aliphatic carbocycles. The number of nitrogens with one attached hydrogen (secondary N) is 1. The minimum Gasteiger partial charge on any atom is -0.481 e. The molecule has 2 rings (SSSR count). The lowest BCUT2D eigenvalue weighted by atomic mass is 9.85. The molecule has 0 aromatic heterocycles. The quantitative estimate of drug-likeness (QED) is 0.663. The highest BCUT2D eigenvalue weighted by atomic mass is 16.6. The molecule has 7 nitrogen and oxygen atoms in total. The summed E-state index contributed by atoms with van der Waals surface area (Å²) in [4.78, 5) is 36.2. The van der Waals surface area contributed by atoms with Crippen molar-refractivity contribution < 1.29 is 24.2 Å². The second-order valence-corrected chi connectivity index (χ2v) is 6.04. The number of hydrogen-bond acceptors (Lipinski definition) is 4. The Morgan fingerprint density at radius 2 is 2.11 bits per heavy atom. The van der Waals surface area contributed by atoms with Gasteiger partial charge in [-0.2, -0.15) is 0 Å². The molecular formula is C12H18N2O5. The number of β-lactam (4-membered cyclic amide) rings is 1. The van der Waals surface area contributed by atoms with Crippen molar-refractivity contribution >= 4 is 18.0 Å². The molecule has 2 aliphatic heterocycles. The van der Waals surface area contributed by atoms with E-state index in [-0.39, 0.29) is 25.4 Å². The van der Waals surface area contributed by atoms with Crippen LogP contribution in [0.4, 0.5) is 4.79 Å². The van der Waals surface area contributed by atoms with Crippen molar-refractivity contribution in [2.24, 2.45) is 5.92 Å². The molecule has 2 fully saturated rings. The summed E-state index contributed by atoms with van der Waals surface area (Å²) in [7, 11) is 0. The largest absolute Gasteiger partial charge is 0.481 e. The van der Waals surface area contributed by atoms with Crippen LogP contribution in [0, 0.1) is 5.92 Å². The summed E-state index contributed by atoms with van der Waals surface area (Å²) in [6.45, 7) is 5.47. The van der Waals surface area contributed by atoms with E-state index in [2.05, 4.69) is 5.32 Å². The van der Waals surface area contributed by atoms with Gasteiger partial charge in [0.15, 0.2) is 0 Å². The maximum atomic E-state index is 12.1. The van der Waals surface area contributed by atoms with Gasteiger partial charge in [0, 0.05) is 6.54 Å². The van der Waals surface area contributed by atoms with Crippen LogP contribution in [0.3, 0.4) is 0 Å². The van der Waals surface area contributed by atoms with Gasteiger partial charge in [-0.1, -0.05) is 0 Å². The highest BCUT2D eigenvalue weighted by Gasteiger charge is 2.60. The van der Waals surface area contributed by atoms with Crippen molar-refractivity contribution in [2.75, 3.05) is 13.1 Å². The van der Waals surface area contributed by atoms with Crippen molar-refractivity contribution in [3.63, 3.8) is 0 Å². The van der Waals surface area contributed by atoms with E-state index in [0.717, 1.165) is 0 Å². The number of ether oxygens (including phenoxy) is 1. The van der Waals surface area contributed by atoms with E-state index in [0.29, 0.717) is 0 Å².